The minimum Gasteiger partial charge on any atom is -0.497 e. The highest BCUT2D eigenvalue weighted by Crippen LogP contribution is 2.27. The summed E-state index contributed by atoms with van der Waals surface area (Å²) >= 11 is 0. The third-order valence-electron chi connectivity index (χ3n) is 7.82. The summed E-state index contributed by atoms with van der Waals surface area (Å²) in [4.78, 5) is 30.2. The minimum absolute atomic E-state index is 0.0634. The molecule has 0 saturated heterocycles. The van der Waals surface area contributed by atoms with Crippen molar-refractivity contribution < 1.29 is 22.7 Å². The number of hydrogen-bond donors (Lipinski definition) is 1. The standard InChI is InChI=1S/C38H45N3O5S/c1-27(2)24-39-38(43)36(23-31-11-8-7-9-12-31)40(25-32-13-10-14-34(22-32)46-6)37(42)26-41(33-20-29(4)19-30(5)21-33)47(44,45)35-17-15-28(3)16-18-35/h7-22,27,36H,23-26H2,1-6H3,(H,39,43). The molecule has 1 unspecified atom stereocenters. The van der Waals surface area contributed by atoms with E-state index in [9.17, 15) is 18.0 Å². The van der Waals surface area contributed by atoms with Gasteiger partial charge in [-0.25, -0.2) is 8.42 Å². The number of carbonyl (C=O) groups excluding carboxylic acids is 2. The number of anilines is 1. The first-order valence-electron chi connectivity index (χ1n) is 15.8. The van der Waals surface area contributed by atoms with Gasteiger partial charge in [-0.15, -0.1) is 0 Å². The van der Waals surface area contributed by atoms with E-state index in [4.69, 9.17) is 4.74 Å². The largest absolute Gasteiger partial charge is 0.497 e. The minimum atomic E-state index is -4.18. The van der Waals surface area contributed by atoms with Gasteiger partial charge in [-0.05, 0) is 85.3 Å². The summed E-state index contributed by atoms with van der Waals surface area (Å²) in [5.74, 6) is -0.0161. The first-order chi connectivity index (χ1) is 22.4. The number of aryl methyl sites for hydroxylation is 3. The highest BCUT2D eigenvalue weighted by atomic mass is 32.2. The Balaban J connectivity index is 1.83. The molecule has 4 aromatic rings. The zero-order chi connectivity index (χ0) is 34.1. The first kappa shape index (κ1) is 35.2. The van der Waals surface area contributed by atoms with Gasteiger partial charge in [0.15, 0.2) is 0 Å². The van der Waals surface area contributed by atoms with Crippen LogP contribution in [0.3, 0.4) is 0 Å². The zero-order valence-electron chi connectivity index (χ0n) is 28.1. The number of nitrogens with zero attached hydrogens (tertiary/aromatic N) is 2. The number of sulfonamides is 1. The van der Waals surface area contributed by atoms with Crippen LogP contribution in [0.4, 0.5) is 5.69 Å². The molecule has 9 heteroatoms. The number of hydrogen-bond acceptors (Lipinski definition) is 5. The van der Waals surface area contributed by atoms with Crippen LogP contribution in [0.15, 0.2) is 102 Å². The molecule has 8 nitrogen and oxygen atoms in total. The van der Waals surface area contributed by atoms with E-state index in [0.29, 0.717) is 18.0 Å². The molecule has 0 aromatic heterocycles. The van der Waals surface area contributed by atoms with Gasteiger partial charge in [0.2, 0.25) is 11.8 Å². The van der Waals surface area contributed by atoms with Crippen molar-refractivity contribution in [3.05, 3.63) is 125 Å². The van der Waals surface area contributed by atoms with Crippen LogP contribution in [0, 0.1) is 26.7 Å². The van der Waals surface area contributed by atoms with E-state index >= 15 is 0 Å². The lowest BCUT2D eigenvalue weighted by Crippen LogP contribution is -2.53. The molecule has 0 heterocycles. The van der Waals surface area contributed by atoms with Crippen molar-refractivity contribution in [3.63, 3.8) is 0 Å². The van der Waals surface area contributed by atoms with Crippen LogP contribution < -0.4 is 14.4 Å². The third kappa shape index (κ3) is 9.45. The van der Waals surface area contributed by atoms with Crippen molar-refractivity contribution in [2.24, 2.45) is 5.92 Å². The summed E-state index contributed by atoms with van der Waals surface area (Å²) in [6.45, 7) is 9.65. The van der Waals surface area contributed by atoms with Gasteiger partial charge < -0.3 is 15.0 Å². The van der Waals surface area contributed by atoms with E-state index in [1.54, 1.807) is 43.5 Å². The Morgan fingerprint density at radius 3 is 2.04 bits per heavy atom. The van der Waals surface area contributed by atoms with E-state index < -0.39 is 28.5 Å². The van der Waals surface area contributed by atoms with E-state index in [2.05, 4.69) is 5.32 Å². The molecule has 0 saturated carbocycles. The maximum Gasteiger partial charge on any atom is 0.264 e. The molecular formula is C38H45N3O5S. The number of nitrogens with one attached hydrogen (secondary N) is 1. The third-order valence-corrected chi connectivity index (χ3v) is 9.61. The molecule has 0 spiro atoms. The number of benzene rings is 4. The number of rotatable bonds is 14. The second-order valence-electron chi connectivity index (χ2n) is 12.4. The van der Waals surface area contributed by atoms with E-state index in [1.807, 2.05) is 95.3 Å². The van der Waals surface area contributed by atoms with Crippen molar-refractivity contribution in [2.45, 2.75) is 58.5 Å². The summed E-state index contributed by atoms with van der Waals surface area (Å²) in [5.41, 5.74) is 4.63. The van der Waals surface area contributed by atoms with Crippen LogP contribution in [0.25, 0.3) is 0 Å². The molecule has 248 valence electrons. The summed E-state index contributed by atoms with van der Waals surface area (Å²) in [7, 11) is -2.61. The van der Waals surface area contributed by atoms with Gasteiger partial charge in [0, 0.05) is 19.5 Å². The van der Waals surface area contributed by atoms with Crippen LogP contribution in [0.5, 0.6) is 5.75 Å². The lowest BCUT2D eigenvalue weighted by molar-refractivity contribution is -0.140. The Hall–Kier alpha value is -4.63. The molecule has 1 N–H and O–H groups in total. The fraction of sp³-hybridized carbons (Fsp3) is 0.316. The molecular weight excluding hydrogens is 611 g/mol. The van der Waals surface area contributed by atoms with Gasteiger partial charge in [-0.1, -0.05) is 80.1 Å². The van der Waals surface area contributed by atoms with Gasteiger partial charge in [0.25, 0.3) is 10.0 Å². The highest BCUT2D eigenvalue weighted by Gasteiger charge is 2.35. The van der Waals surface area contributed by atoms with Crippen molar-refractivity contribution in [2.75, 3.05) is 24.5 Å². The average Bonchev–Trinajstić information content (AvgIpc) is 3.04. The van der Waals surface area contributed by atoms with Gasteiger partial charge >= 0.3 is 0 Å². The van der Waals surface area contributed by atoms with E-state index in [1.165, 1.54) is 4.90 Å². The van der Waals surface area contributed by atoms with Crippen molar-refractivity contribution in [3.8, 4) is 5.75 Å². The second-order valence-corrected chi connectivity index (χ2v) is 14.3. The summed E-state index contributed by atoms with van der Waals surface area (Å²) in [5, 5.41) is 3.02. The maximum absolute atomic E-state index is 14.7. The number of methoxy groups -OCH3 is 1. The molecule has 0 aliphatic rings. The van der Waals surface area contributed by atoms with Gasteiger partial charge in [0.1, 0.15) is 18.3 Å². The molecule has 0 radical (unpaired) electrons. The van der Waals surface area contributed by atoms with Crippen molar-refractivity contribution in [1.82, 2.24) is 10.2 Å². The van der Waals surface area contributed by atoms with E-state index in [0.717, 1.165) is 32.1 Å². The summed E-state index contributed by atoms with van der Waals surface area (Å²) < 4.78 is 35.2. The van der Waals surface area contributed by atoms with Gasteiger partial charge in [-0.2, -0.15) is 0 Å². The molecule has 0 aliphatic carbocycles. The molecule has 0 aliphatic heterocycles. The predicted molar refractivity (Wildman–Crippen MR) is 187 cm³/mol. The first-order valence-corrected chi connectivity index (χ1v) is 17.2. The van der Waals surface area contributed by atoms with Crippen molar-refractivity contribution in [1.29, 1.82) is 0 Å². The molecule has 47 heavy (non-hydrogen) atoms. The normalized spacial score (nSPS) is 12.0. The Morgan fingerprint density at radius 2 is 1.43 bits per heavy atom. The Morgan fingerprint density at radius 1 is 0.787 bits per heavy atom. The molecule has 0 bridgehead atoms. The van der Waals surface area contributed by atoms with Crippen LogP contribution in [-0.2, 0) is 32.6 Å². The van der Waals surface area contributed by atoms with Crippen LogP contribution in [0.1, 0.15) is 41.7 Å². The lowest BCUT2D eigenvalue weighted by Gasteiger charge is -2.34. The number of carbonyl (C=O) groups is 2. The maximum atomic E-state index is 14.7. The topological polar surface area (TPSA) is 96.0 Å². The SMILES string of the molecule is COc1cccc(CN(C(=O)CN(c2cc(C)cc(C)c2)S(=O)(=O)c2ccc(C)cc2)C(Cc2ccccc2)C(=O)NCC(C)C)c1. The van der Waals surface area contributed by atoms with Gasteiger partial charge in [-0.3, -0.25) is 13.9 Å². The van der Waals surface area contributed by atoms with E-state index in [-0.39, 0.29) is 29.7 Å². The predicted octanol–water partition coefficient (Wildman–Crippen LogP) is 6.23. The smallest absolute Gasteiger partial charge is 0.264 e. The van der Waals surface area contributed by atoms with Crippen LogP contribution in [-0.4, -0.2) is 51.4 Å². The Kier molecular flexibility index (Phi) is 11.8. The number of amides is 2. The number of ether oxygens (including phenoxy) is 1. The Labute approximate surface area is 279 Å². The molecule has 4 rings (SSSR count). The van der Waals surface area contributed by atoms with Crippen LogP contribution >= 0.6 is 0 Å². The van der Waals surface area contributed by atoms with Crippen LogP contribution in [0.2, 0.25) is 0 Å². The summed E-state index contributed by atoms with van der Waals surface area (Å²) in [6, 6.07) is 27.9. The quantitative estimate of drug-likeness (QED) is 0.174. The molecule has 1 atom stereocenters. The van der Waals surface area contributed by atoms with Gasteiger partial charge in [0.05, 0.1) is 17.7 Å². The molecule has 4 aromatic carbocycles. The average molecular weight is 656 g/mol. The van der Waals surface area contributed by atoms with Crippen molar-refractivity contribution >= 4 is 27.5 Å². The fourth-order valence-electron chi connectivity index (χ4n) is 5.40. The zero-order valence-corrected chi connectivity index (χ0v) is 28.9. The lowest BCUT2D eigenvalue weighted by atomic mass is 10.0. The highest BCUT2D eigenvalue weighted by molar-refractivity contribution is 7.92. The monoisotopic (exact) mass is 655 g/mol. The second kappa shape index (κ2) is 15.8. The fourth-order valence-corrected chi connectivity index (χ4v) is 6.80. The molecule has 2 amide bonds. The Bertz CT molecular complexity index is 1750. The summed E-state index contributed by atoms with van der Waals surface area (Å²) in [6.07, 6.45) is 0.245. The molecule has 0 fully saturated rings.